The van der Waals surface area contributed by atoms with Crippen molar-refractivity contribution >= 4 is 23.5 Å². The van der Waals surface area contributed by atoms with Crippen LogP contribution in [0.25, 0.3) is 0 Å². The standard InChI is InChI=1S/C11H9ClF3NO4/c12-7-3-6(1-2-8(7)17)10(20)16(4-9(18)19)5-11(13,14)15/h1-3,17H,4-5H2,(H,18,19). The number of nitrogens with zero attached hydrogens (tertiary/aromatic N) is 1. The Hall–Kier alpha value is -1.96. The molecule has 1 amide bonds. The second-order valence-corrected chi connectivity index (χ2v) is 4.24. The molecule has 0 aromatic heterocycles. The van der Waals surface area contributed by atoms with E-state index in [1.165, 1.54) is 0 Å². The van der Waals surface area contributed by atoms with Crippen LogP contribution in [0.4, 0.5) is 13.2 Å². The van der Waals surface area contributed by atoms with E-state index in [1.54, 1.807) is 0 Å². The third-order valence-electron chi connectivity index (χ3n) is 2.18. The summed E-state index contributed by atoms with van der Waals surface area (Å²) >= 11 is 5.54. The Morgan fingerprint density at radius 2 is 1.90 bits per heavy atom. The van der Waals surface area contributed by atoms with Gasteiger partial charge in [-0.05, 0) is 18.2 Å². The molecule has 0 fully saturated rings. The lowest BCUT2D eigenvalue weighted by Crippen LogP contribution is -2.42. The fraction of sp³-hybridized carbons (Fsp3) is 0.273. The van der Waals surface area contributed by atoms with E-state index in [1.807, 2.05) is 0 Å². The number of alkyl halides is 3. The molecule has 9 heteroatoms. The molecule has 2 N–H and O–H groups in total. The van der Waals surface area contributed by atoms with E-state index < -0.39 is 31.1 Å². The van der Waals surface area contributed by atoms with Crippen molar-refractivity contribution in [2.75, 3.05) is 13.1 Å². The number of aromatic hydroxyl groups is 1. The number of carbonyl (C=O) groups excluding carboxylic acids is 1. The number of phenols is 1. The van der Waals surface area contributed by atoms with E-state index in [0.29, 0.717) is 0 Å². The van der Waals surface area contributed by atoms with Gasteiger partial charge < -0.3 is 15.1 Å². The quantitative estimate of drug-likeness (QED) is 0.893. The van der Waals surface area contributed by atoms with Gasteiger partial charge in [-0.2, -0.15) is 13.2 Å². The fourth-order valence-corrected chi connectivity index (χ4v) is 1.58. The van der Waals surface area contributed by atoms with Crippen LogP contribution < -0.4 is 0 Å². The fourth-order valence-electron chi connectivity index (χ4n) is 1.40. The van der Waals surface area contributed by atoms with Crippen LogP contribution in [0.2, 0.25) is 5.02 Å². The summed E-state index contributed by atoms with van der Waals surface area (Å²) in [4.78, 5) is 22.5. The number of carboxylic acids is 1. The number of hydrogen-bond acceptors (Lipinski definition) is 3. The number of rotatable bonds is 4. The SMILES string of the molecule is O=C(O)CN(CC(F)(F)F)C(=O)c1ccc(O)c(Cl)c1. The van der Waals surface area contributed by atoms with Gasteiger partial charge in [-0.1, -0.05) is 11.6 Å². The van der Waals surface area contributed by atoms with Gasteiger partial charge in [0.05, 0.1) is 5.02 Å². The molecule has 0 unspecified atom stereocenters. The first-order valence-electron chi connectivity index (χ1n) is 5.16. The maximum atomic E-state index is 12.3. The maximum absolute atomic E-state index is 12.3. The Morgan fingerprint density at radius 1 is 1.30 bits per heavy atom. The second kappa shape index (κ2) is 6.00. The van der Waals surface area contributed by atoms with Crippen molar-refractivity contribution < 1.29 is 33.0 Å². The summed E-state index contributed by atoms with van der Waals surface area (Å²) in [6.07, 6.45) is -4.73. The summed E-state index contributed by atoms with van der Waals surface area (Å²) in [5.41, 5.74) is -0.252. The molecule has 0 saturated carbocycles. The predicted octanol–water partition coefficient (Wildman–Crippen LogP) is 2.13. The Kier molecular flexibility index (Phi) is 4.83. The molecule has 1 aromatic carbocycles. The summed E-state index contributed by atoms with van der Waals surface area (Å²) in [5.74, 6) is -3.07. The first-order valence-corrected chi connectivity index (χ1v) is 5.54. The highest BCUT2D eigenvalue weighted by atomic mass is 35.5. The van der Waals surface area contributed by atoms with Crippen LogP contribution in [0, 0.1) is 0 Å². The Balaban J connectivity index is 3.02. The summed E-state index contributed by atoms with van der Waals surface area (Å²) in [6, 6.07) is 3.04. The largest absolute Gasteiger partial charge is 0.506 e. The molecule has 0 aliphatic heterocycles. The first kappa shape index (κ1) is 16.1. The molecule has 5 nitrogen and oxygen atoms in total. The zero-order valence-electron chi connectivity index (χ0n) is 9.82. The number of halogens is 4. The van der Waals surface area contributed by atoms with Crippen LogP contribution in [0.5, 0.6) is 5.75 Å². The van der Waals surface area contributed by atoms with E-state index in [4.69, 9.17) is 21.8 Å². The van der Waals surface area contributed by atoms with Gasteiger partial charge >= 0.3 is 12.1 Å². The lowest BCUT2D eigenvalue weighted by Gasteiger charge is -2.22. The van der Waals surface area contributed by atoms with E-state index in [-0.39, 0.29) is 21.2 Å². The molecular weight excluding hydrogens is 303 g/mol. The minimum atomic E-state index is -4.73. The second-order valence-electron chi connectivity index (χ2n) is 3.84. The molecule has 110 valence electrons. The molecule has 0 bridgehead atoms. The smallest absolute Gasteiger partial charge is 0.406 e. The maximum Gasteiger partial charge on any atom is 0.406 e. The predicted molar refractivity (Wildman–Crippen MR) is 62.7 cm³/mol. The third kappa shape index (κ3) is 4.61. The Labute approximate surface area is 116 Å². The molecule has 1 rings (SSSR count). The van der Waals surface area contributed by atoms with Gasteiger partial charge in [0.1, 0.15) is 18.8 Å². The summed E-state index contributed by atoms with van der Waals surface area (Å²) in [6.45, 7) is -2.80. The van der Waals surface area contributed by atoms with E-state index in [2.05, 4.69) is 0 Å². The Morgan fingerprint density at radius 3 is 2.35 bits per heavy atom. The lowest BCUT2D eigenvalue weighted by molar-refractivity contribution is -0.149. The van der Waals surface area contributed by atoms with Crippen molar-refractivity contribution in [1.82, 2.24) is 4.90 Å². The summed E-state index contributed by atoms with van der Waals surface area (Å²) < 4.78 is 37.0. The Bertz CT molecular complexity index is 533. The van der Waals surface area contributed by atoms with Crippen molar-refractivity contribution in [2.24, 2.45) is 0 Å². The molecule has 0 saturated heterocycles. The van der Waals surface area contributed by atoms with Gasteiger partial charge in [-0.15, -0.1) is 0 Å². The van der Waals surface area contributed by atoms with E-state index >= 15 is 0 Å². The topological polar surface area (TPSA) is 77.8 Å². The zero-order chi connectivity index (χ0) is 15.5. The van der Waals surface area contributed by atoms with Crippen molar-refractivity contribution in [1.29, 1.82) is 0 Å². The van der Waals surface area contributed by atoms with Crippen LogP contribution in [0.15, 0.2) is 18.2 Å². The number of phenolic OH excluding ortho intramolecular Hbond substituents is 1. The average molecular weight is 312 g/mol. The van der Waals surface area contributed by atoms with Gasteiger partial charge in [0.2, 0.25) is 0 Å². The summed E-state index contributed by atoms with van der Waals surface area (Å²) in [7, 11) is 0. The van der Waals surface area contributed by atoms with Crippen LogP contribution >= 0.6 is 11.6 Å². The first-order chi connectivity index (χ1) is 9.10. The molecular formula is C11H9ClF3NO4. The summed E-state index contributed by atoms with van der Waals surface area (Å²) in [5, 5.41) is 17.5. The molecule has 0 aliphatic carbocycles. The van der Waals surface area contributed by atoms with Crippen molar-refractivity contribution in [3.8, 4) is 5.75 Å². The number of hydrogen-bond donors (Lipinski definition) is 2. The van der Waals surface area contributed by atoms with Crippen molar-refractivity contribution in [3.63, 3.8) is 0 Å². The van der Waals surface area contributed by atoms with Crippen LogP contribution in [-0.2, 0) is 4.79 Å². The molecule has 0 radical (unpaired) electrons. The lowest BCUT2D eigenvalue weighted by atomic mass is 10.2. The molecule has 20 heavy (non-hydrogen) atoms. The highest BCUT2D eigenvalue weighted by molar-refractivity contribution is 6.32. The molecule has 0 spiro atoms. The molecule has 1 aromatic rings. The highest BCUT2D eigenvalue weighted by Crippen LogP contribution is 2.25. The number of aliphatic carboxylic acids is 1. The van der Waals surface area contributed by atoms with Gasteiger partial charge in [0.15, 0.2) is 0 Å². The minimum Gasteiger partial charge on any atom is -0.506 e. The highest BCUT2D eigenvalue weighted by Gasteiger charge is 2.34. The molecule has 0 aliphatic rings. The molecule has 0 atom stereocenters. The van der Waals surface area contributed by atoms with Gasteiger partial charge in [-0.25, -0.2) is 0 Å². The normalized spacial score (nSPS) is 11.2. The monoisotopic (exact) mass is 311 g/mol. The average Bonchev–Trinajstić information content (AvgIpc) is 2.28. The van der Waals surface area contributed by atoms with E-state index in [0.717, 1.165) is 18.2 Å². The number of amides is 1. The zero-order valence-corrected chi connectivity index (χ0v) is 10.6. The van der Waals surface area contributed by atoms with Gasteiger partial charge in [0, 0.05) is 5.56 Å². The number of carbonyl (C=O) groups is 2. The van der Waals surface area contributed by atoms with Gasteiger partial charge in [0.25, 0.3) is 5.91 Å². The number of carboxylic acid groups (broad SMARTS) is 1. The third-order valence-corrected chi connectivity index (χ3v) is 2.48. The van der Waals surface area contributed by atoms with Gasteiger partial charge in [-0.3, -0.25) is 9.59 Å². The van der Waals surface area contributed by atoms with Crippen molar-refractivity contribution in [2.45, 2.75) is 6.18 Å². The number of benzene rings is 1. The van der Waals surface area contributed by atoms with Crippen LogP contribution in [0.1, 0.15) is 10.4 Å². The van der Waals surface area contributed by atoms with Crippen LogP contribution in [0.3, 0.4) is 0 Å². The van der Waals surface area contributed by atoms with E-state index in [9.17, 15) is 22.8 Å². The van der Waals surface area contributed by atoms with Crippen LogP contribution in [-0.4, -0.2) is 46.3 Å². The van der Waals surface area contributed by atoms with Crippen molar-refractivity contribution in [3.05, 3.63) is 28.8 Å². The molecule has 0 heterocycles. The minimum absolute atomic E-state index is 0.130.